The van der Waals surface area contributed by atoms with Crippen LogP contribution in [0, 0.1) is 17.6 Å². The van der Waals surface area contributed by atoms with E-state index in [-0.39, 0.29) is 58.8 Å². The zero-order valence-electron chi connectivity index (χ0n) is 35.2. The maximum Gasteiger partial charge on any atom is 0.262 e. The van der Waals surface area contributed by atoms with Gasteiger partial charge >= 0.3 is 0 Å². The molecule has 0 radical (unpaired) electrons. The van der Waals surface area contributed by atoms with Crippen LogP contribution < -0.4 is 25.6 Å². The molecule has 5 fully saturated rings. The predicted molar refractivity (Wildman–Crippen MR) is 235 cm³/mol. The molecule has 5 saturated heterocycles. The smallest absolute Gasteiger partial charge is 0.262 e. The monoisotopic (exact) mass is 909 g/mol. The summed E-state index contributed by atoms with van der Waals surface area (Å²) in [5.74, 6) is -2.59. The molecule has 3 aromatic carbocycles. The molecule has 16 nitrogen and oxygen atoms in total. The van der Waals surface area contributed by atoms with Crippen molar-refractivity contribution >= 4 is 74.9 Å². The highest BCUT2D eigenvalue weighted by Crippen LogP contribution is 2.40. The van der Waals surface area contributed by atoms with Gasteiger partial charge in [-0.3, -0.25) is 44.0 Å². The van der Waals surface area contributed by atoms with Crippen molar-refractivity contribution in [3.05, 3.63) is 88.7 Å². The lowest BCUT2D eigenvalue weighted by molar-refractivity contribution is -0.136. The Labute approximate surface area is 377 Å². The number of piperazine rings is 1. The van der Waals surface area contributed by atoms with Gasteiger partial charge in [0.2, 0.25) is 17.7 Å². The van der Waals surface area contributed by atoms with Gasteiger partial charge in [0.05, 0.1) is 46.3 Å². The molecule has 4 aromatic rings. The van der Waals surface area contributed by atoms with Gasteiger partial charge in [-0.2, -0.15) is 0 Å². The van der Waals surface area contributed by atoms with Crippen LogP contribution in [0.5, 0.6) is 5.75 Å². The van der Waals surface area contributed by atoms with E-state index >= 15 is 4.39 Å². The fraction of sp³-hybridized carbons (Fsp3) is 0.413. The number of amides is 5. The standard InChI is InChI=1S/C46H46ClF2N9O7/c47-33-14-26(3-4-34(33)48)52-43-32-17-37(40(19-36(32)50-24-51-43)65-29-9-13-64-23-29)53-41(59)2-1-10-55-11-7-25(8-12-55)20-56-21-28-15-27(56)22-57(28)39-18-31-30(16-35(39)49)45(62)58(46(31)63)38-5-6-42(60)54-44(38)61/h1-4,14,16-19,24-25,27-29,38H,5-13,15,20-23H2,(H,53,59)(H,50,51,52)(H,54,60,61)/b2-1+/t27?,28?,29-,38?/m0/s1. The first-order valence-corrected chi connectivity index (χ1v) is 22.3. The minimum atomic E-state index is -1.11. The number of ether oxygens (including phenoxy) is 2. The molecule has 7 heterocycles. The highest BCUT2D eigenvalue weighted by Gasteiger charge is 2.48. The molecule has 2 bridgehead atoms. The number of fused-ring (bicyclic) bond motifs is 4. The van der Waals surface area contributed by atoms with Crippen molar-refractivity contribution in [2.75, 3.05) is 68.0 Å². The second-order valence-corrected chi connectivity index (χ2v) is 17.9. The van der Waals surface area contributed by atoms with Gasteiger partial charge in [0.1, 0.15) is 41.7 Å². The summed E-state index contributed by atoms with van der Waals surface area (Å²) in [6.07, 6.45) is 8.25. The van der Waals surface area contributed by atoms with E-state index in [9.17, 15) is 28.4 Å². The van der Waals surface area contributed by atoms with Gasteiger partial charge in [-0.25, -0.2) is 18.7 Å². The quantitative estimate of drug-likeness (QED) is 0.127. The van der Waals surface area contributed by atoms with E-state index in [1.54, 1.807) is 18.2 Å². The molecular weight excluding hydrogens is 864 g/mol. The molecule has 3 N–H and O–H groups in total. The van der Waals surface area contributed by atoms with Crippen molar-refractivity contribution < 1.29 is 42.2 Å². The van der Waals surface area contributed by atoms with Gasteiger partial charge in [-0.15, -0.1) is 0 Å². The van der Waals surface area contributed by atoms with Crippen LogP contribution in [0.3, 0.4) is 0 Å². The maximum atomic E-state index is 15.7. The number of aromatic nitrogens is 2. The van der Waals surface area contributed by atoms with Gasteiger partial charge in [-0.1, -0.05) is 17.7 Å². The Morgan fingerprint density at radius 1 is 0.954 bits per heavy atom. The molecule has 6 aliphatic heterocycles. The van der Waals surface area contributed by atoms with Gasteiger partial charge < -0.3 is 25.0 Å². The van der Waals surface area contributed by atoms with E-state index in [0.29, 0.717) is 72.5 Å². The van der Waals surface area contributed by atoms with E-state index < -0.39 is 41.3 Å². The van der Waals surface area contributed by atoms with Crippen LogP contribution in [0.4, 0.5) is 31.7 Å². The molecule has 65 heavy (non-hydrogen) atoms. The Morgan fingerprint density at radius 3 is 2.51 bits per heavy atom. The topological polar surface area (TPSA) is 179 Å². The van der Waals surface area contributed by atoms with Crippen LogP contribution in [0.15, 0.2) is 60.9 Å². The lowest BCUT2D eigenvalue weighted by Crippen LogP contribution is -2.54. The summed E-state index contributed by atoms with van der Waals surface area (Å²) in [5.41, 5.74) is 1.84. The maximum absolute atomic E-state index is 15.7. The first kappa shape index (κ1) is 42.8. The molecule has 3 unspecified atom stereocenters. The molecule has 0 saturated carbocycles. The Kier molecular flexibility index (Phi) is 11.7. The third kappa shape index (κ3) is 8.62. The van der Waals surface area contributed by atoms with E-state index in [2.05, 4.69) is 35.7 Å². The molecule has 19 heteroatoms. The first-order valence-electron chi connectivity index (χ1n) is 22.0. The first-order chi connectivity index (χ1) is 31.4. The predicted octanol–water partition coefficient (Wildman–Crippen LogP) is 5.04. The Balaban J connectivity index is 0.723. The van der Waals surface area contributed by atoms with Crippen molar-refractivity contribution in [3.8, 4) is 5.75 Å². The second-order valence-electron chi connectivity index (χ2n) is 17.5. The number of carbonyl (C=O) groups excluding carboxylic acids is 5. The second kappa shape index (κ2) is 17.7. The summed E-state index contributed by atoms with van der Waals surface area (Å²) in [7, 11) is 0. The number of anilines is 4. The SMILES string of the molecule is O=C(/C=C/CN1CCC(CN2CC3CC2CN3c2cc3c(cc2F)C(=O)N(C2CCC(=O)NC2=O)C3=O)CC1)Nc1cc2c(Nc3ccc(F)c(Cl)c3)ncnc2cc1O[C@H]1CCOC1. The summed E-state index contributed by atoms with van der Waals surface area (Å²) in [5, 5.41) is 8.92. The largest absolute Gasteiger partial charge is 0.486 e. The number of halogens is 3. The summed E-state index contributed by atoms with van der Waals surface area (Å²) in [6, 6.07) is 9.54. The average molecular weight is 910 g/mol. The number of benzene rings is 3. The van der Waals surface area contributed by atoms with E-state index in [4.69, 9.17) is 21.1 Å². The van der Waals surface area contributed by atoms with Crippen LogP contribution in [-0.4, -0.2) is 131 Å². The number of nitrogens with one attached hydrogen (secondary N) is 3. The normalized spacial score (nSPS) is 23.9. The van der Waals surface area contributed by atoms with Gasteiger partial charge in [0, 0.05) is 74.3 Å². The van der Waals surface area contributed by atoms with E-state index in [1.807, 2.05) is 11.0 Å². The van der Waals surface area contributed by atoms with Crippen LogP contribution in [0.1, 0.15) is 59.2 Å². The van der Waals surface area contributed by atoms with Crippen LogP contribution in [0.25, 0.3) is 10.9 Å². The third-order valence-corrected chi connectivity index (χ3v) is 13.7. The van der Waals surface area contributed by atoms with E-state index in [1.165, 1.54) is 30.6 Å². The fourth-order valence-corrected chi connectivity index (χ4v) is 10.2. The summed E-state index contributed by atoms with van der Waals surface area (Å²) >= 11 is 6.02. The number of piperidine rings is 2. The number of carbonyl (C=O) groups is 5. The van der Waals surface area contributed by atoms with Crippen molar-refractivity contribution in [2.24, 2.45) is 5.92 Å². The summed E-state index contributed by atoms with van der Waals surface area (Å²) in [4.78, 5) is 80.7. The zero-order valence-corrected chi connectivity index (χ0v) is 36.0. The number of likely N-dealkylation sites (tertiary alicyclic amines) is 2. The Bertz CT molecular complexity index is 2640. The zero-order chi connectivity index (χ0) is 44.9. The molecular formula is C46H46ClF2N9O7. The minimum absolute atomic E-state index is 0.00899. The Hall–Kier alpha value is -6.08. The molecule has 4 atom stereocenters. The number of hydrogen-bond donors (Lipinski definition) is 3. The Morgan fingerprint density at radius 2 is 1.77 bits per heavy atom. The van der Waals surface area contributed by atoms with Crippen molar-refractivity contribution in [2.45, 2.75) is 62.8 Å². The highest BCUT2D eigenvalue weighted by atomic mass is 35.5. The molecule has 338 valence electrons. The number of rotatable bonds is 12. The van der Waals surface area contributed by atoms with Crippen LogP contribution in [0.2, 0.25) is 5.02 Å². The lowest BCUT2D eigenvalue weighted by atomic mass is 9.95. The molecule has 1 aromatic heterocycles. The number of imide groups is 2. The lowest BCUT2D eigenvalue weighted by Gasteiger charge is -2.39. The van der Waals surface area contributed by atoms with E-state index in [0.717, 1.165) is 56.4 Å². The molecule has 0 spiro atoms. The molecule has 5 amide bonds. The molecule has 6 aliphatic rings. The van der Waals surface area contributed by atoms with Gasteiger partial charge in [0.25, 0.3) is 11.8 Å². The minimum Gasteiger partial charge on any atom is -0.486 e. The molecule has 0 aliphatic carbocycles. The van der Waals surface area contributed by atoms with Crippen LogP contribution >= 0.6 is 11.6 Å². The number of nitrogens with zero attached hydrogens (tertiary/aromatic N) is 6. The van der Waals surface area contributed by atoms with Gasteiger partial charge in [0.15, 0.2) is 0 Å². The van der Waals surface area contributed by atoms with Gasteiger partial charge in [-0.05, 0) is 81.1 Å². The van der Waals surface area contributed by atoms with Crippen molar-refractivity contribution in [1.82, 2.24) is 30.0 Å². The summed E-state index contributed by atoms with van der Waals surface area (Å²) < 4.78 is 41.3. The summed E-state index contributed by atoms with van der Waals surface area (Å²) in [6.45, 7) is 5.70. The highest BCUT2D eigenvalue weighted by molar-refractivity contribution is 6.31. The van der Waals surface area contributed by atoms with Crippen LogP contribution in [-0.2, 0) is 19.1 Å². The molecule has 10 rings (SSSR count). The third-order valence-electron chi connectivity index (χ3n) is 13.4. The van der Waals surface area contributed by atoms with Crippen molar-refractivity contribution in [1.29, 1.82) is 0 Å². The van der Waals surface area contributed by atoms with Crippen molar-refractivity contribution in [3.63, 3.8) is 0 Å². The number of hydrogen-bond acceptors (Lipinski definition) is 13. The average Bonchev–Trinajstić information content (AvgIpc) is 4.09. The fourth-order valence-electron chi connectivity index (χ4n) is 10.0.